The molecule has 0 saturated carbocycles. The SMILES string of the molecule is CCCn1nc(C)c(N)c1N1CCOCC1C. The number of morpholine rings is 1. The van der Waals surface area contributed by atoms with E-state index in [0.29, 0.717) is 6.04 Å². The average molecular weight is 238 g/mol. The van der Waals surface area contributed by atoms with Gasteiger partial charge in [-0.15, -0.1) is 0 Å². The molecule has 0 radical (unpaired) electrons. The van der Waals surface area contributed by atoms with Crippen LogP contribution in [0.4, 0.5) is 11.5 Å². The Morgan fingerprint density at radius 3 is 2.94 bits per heavy atom. The monoisotopic (exact) mass is 238 g/mol. The summed E-state index contributed by atoms with van der Waals surface area (Å²) in [5.74, 6) is 1.07. The van der Waals surface area contributed by atoms with Crippen LogP contribution < -0.4 is 10.6 Å². The maximum atomic E-state index is 6.16. The van der Waals surface area contributed by atoms with Gasteiger partial charge in [-0.25, -0.2) is 4.68 Å². The summed E-state index contributed by atoms with van der Waals surface area (Å²) in [4.78, 5) is 2.31. The number of rotatable bonds is 3. The Bertz CT molecular complexity index is 388. The van der Waals surface area contributed by atoms with Crippen LogP contribution in [-0.4, -0.2) is 35.6 Å². The van der Waals surface area contributed by atoms with Gasteiger partial charge in [0.25, 0.3) is 0 Å². The largest absolute Gasteiger partial charge is 0.394 e. The van der Waals surface area contributed by atoms with E-state index in [1.807, 2.05) is 11.6 Å². The van der Waals surface area contributed by atoms with E-state index in [0.717, 1.165) is 49.9 Å². The standard InChI is InChI=1S/C12H22N4O/c1-4-5-16-12(11(13)10(3)14-16)15-6-7-17-8-9(15)2/h9H,4-8,13H2,1-3H3. The molecule has 17 heavy (non-hydrogen) atoms. The van der Waals surface area contributed by atoms with Crippen molar-refractivity contribution in [1.29, 1.82) is 0 Å². The number of aromatic nitrogens is 2. The molecule has 1 aliphatic rings. The van der Waals surface area contributed by atoms with Gasteiger partial charge >= 0.3 is 0 Å². The molecular formula is C12H22N4O. The van der Waals surface area contributed by atoms with Crippen molar-refractivity contribution in [2.75, 3.05) is 30.4 Å². The average Bonchev–Trinajstić information content (AvgIpc) is 2.57. The molecule has 0 aromatic carbocycles. The third-order valence-electron chi connectivity index (χ3n) is 3.22. The van der Waals surface area contributed by atoms with Gasteiger partial charge in [-0.3, -0.25) is 0 Å². The summed E-state index contributed by atoms with van der Waals surface area (Å²) in [7, 11) is 0. The molecule has 2 N–H and O–H groups in total. The van der Waals surface area contributed by atoms with Crippen molar-refractivity contribution < 1.29 is 4.74 Å². The van der Waals surface area contributed by atoms with Gasteiger partial charge in [0.2, 0.25) is 0 Å². The van der Waals surface area contributed by atoms with Crippen molar-refractivity contribution in [3.63, 3.8) is 0 Å². The summed E-state index contributed by atoms with van der Waals surface area (Å²) in [6.45, 7) is 9.61. The maximum absolute atomic E-state index is 6.16. The topological polar surface area (TPSA) is 56.3 Å². The molecule has 2 rings (SSSR count). The summed E-state index contributed by atoms with van der Waals surface area (Å²) >= 11 is 0. The quantitative estimate of drug-likeness (QED) is 0.865. The second-order valence-corrected chi connectivity index (χ2v) is 4.66. The lowest BCUT2D eigenvalue weighted by Gasteiger charge is -2.35. The molecule has 5 nitrogen and oxygen atoms in total. The highest BCUT2D eigenvalue weighted by atomic mass is 16.5. The van der Waals surface area contributed by atoms with Gasteiger partial charge in [-0.1, -0.05) is 6.92 Å². The van der Waals surface area contributed by atoms with E-state index in [9.17, 15) is 0 Å². The number of anilines is 2. The molecule has 1 unspecified atom stereocenters. The fourth-order valence-electron chi connectivity index (χ4n) is 2.30. The van der Waals surface area contributed by atoms with Gasteiger partial charge in [0.05, 0.1) is 30.6 Å². The number of aryl methyl sites for hydroxylation is 2. The minimum absolute atomic E-state index is 0.359. The van der Waals surface area contributed by atoms with E-state index in [1.54, 1.807) is 0 Å². The van der Waals surface area contributed by atoms with Gasteiger partial charge in [0, 0.05) is 13.1 Å². The highest BCUT2D eigenvalue weighted by Gasteiger charge is 2.25. The van der Waals surface area contributed by atoms with Gasteiger partial charge in [0.1, 0.15) is 0 Å². The van der Waals surface area contributed by atoms with Crippen LogP contribution in [0.25, 0.3) is 0 Å². The van der Waals surface area contributed by atoms with Gasteiger partial charge in [-0.05, 0) is 20.3 Å². The summed E-state index contributed by atoms with van der Waals surface area (Å²) in [6, 6.07) is 0.359. The van der Waals surface area contributed by atoms with E-state index in [1.165, 1.54) is 0 Å². The lowest BCUT2D eigenvalue weighted by molar-refractivity contribution is 0.0981. The zero-order valence-electron chi connectivity index (χ0n) is 10.9. The smallest absolute Gasteiger partial charge is 0.151 e. The summed E-state index contributed by atoms with van der Waals surface area (Å²) in [5, 5.41) is 4.52. The van der Waals surface area contributed by atoms with Gasteiger partial charge in [-0.2, -0.15) is 5.10 Å². The van der Waals surface area contributed by atoms with E-state index in [2.05, 4.69) is 23.8 Å². The highest BCUT2D eigenvalue weighted by Crippen LogP contribution is 2.29. The predicted molar refractivity (Wildman–Crippen MR) is 69.3 cm³/mol. The molecule has 2 heterocycles. The van der Waals surface area contributed by atoms with Crippen LogP contribution in [0.15, 0.2) is 0 Å². The summed E-state index contributed by atoms with van der Waals surface area (Å²) in [6.07, 6.45) is 1.06. The van der Waals surface area contributed by atoms with Crippen LogP contribution in [0.2, 0.25) is 0 Å². The third kappa shape index (κ3) is 2.24. The number of nitrogens with zero attached hydrogens (tertiary/aromatic N) is 3. The molecule has 0 spiro atoms. The van der Waals surface area contributed by atoms with Gasteiger partial charge in [0.15, 0.2) is 5.82 Å². The van der Waals surface area contributed by atoms with Crippen molar-refractivity contribution in [3.05, 3.63) is 5.69 Å². The normalized spacial score (nSPS) is 20.9. The Morgan fingerprint density at radius 2 is 2.29 bits per heavy atom. The maximum Gasteiger partial charge on any atom is 0.151 e. The molecule has 0 aliphatic carbocycles. The van der Waals surface area contributed by atoms with Crippen LogP contribution in [0.5, 0.6) is 0 Å². The van der Waals surface area contributed by atoms with Crippen LogP contribution in [0.3, 0.4) is 0 Å². The van der Waals surface area contributed by atoms with E-state index < -0.39 is 0 Å². The minimum atomic E-state index is 0.359. The molecule has 0 bridgehead atoms. The van der Waals surface area contributed by atoms with Crippen LogP contribution >= 0.6 is 0 Å². The van der Waals surface area contributed by atoms with Crippen LogP contribution in [0, 0.1) is 6.92 Å². The molecule has 1 atom stereocenters. The van der Waals surface area contributed by atoms with Crippen molar-refractivity contribution in [3.8, 4) is 0 Å². The number of nitrogens with two attached hydrogens (primary N) is 1. The molecule has 1 aromatic heterocycles. The third-order valence-corrected chi connectivity index (χ3v) is 3.22. The molecule has 1 saturated heterocycles. The van der Waals surface area contributed by atoms with E-state index in [-0.39, 0.29) is 0 Å². The molecule has 0 amide bonds. The van der Waals surface area contributed by atoms with Crippen molar-refractivity contribution in [1.82, 2.24) is 9.78 Å². The lowest BCUT2D eigenvalue weighted by atomic mass is 10.2. The lowest BCUT2D eigenvalue weighted by Crippen LogP contribution is -2.45. The van der Waals surface area contributed by atoms with Crippen LogP contribution in [-0.2, 0) is 11.3 Å². The van der Waals surface area contributed by atoms with E-state index in [4.69, 9.17) is 10.5 Å². The number of nitrogen functional groups attached to an aromatic ring is 1. The minimum Gasteiger partial charge on any atom is -0.394 e. The summed E-state index contributed by atoms with van der Waals surface area (Å²) in [5.41, 5.74) is 7.90. The first-order valence-corrected chi connectivity index (χ1v) is 6.32. The second kappa shape index (κ2) is 4.96. The van der Waals surface area contributed by atoms with Gasteiger partial charge < -0.3 is 15.4 Å². The first kappa shape index (κ1) is 12.2. The highest BCUT2D eigenvalue weighted by molar-refractivity contribution is 5.66. The van der Waals surface area contributed by atoms with Crippen molar-refractivity contribution in [2.24, 2.45) is 0 Å². The fraction of sp³-hybridized carbons (Fsp3) is 0.750. The Morgan fingerprint density at radius 1 is 1.53 bits per heavy atom. The molecular weight excluding hydrogens is 216 g/mol. The fourth-order valence-corrected chi connectivity index (χ4v) is 2.30. The molecule has 1 aliphatic heterocycles. The predicted octanol–water partition coefficient (Wildman–Crippen LogP) is 1.41. The number of hydrogen-bond donors (Lipinski definition) is 1. The summed E-state index contributed by atoms with van der Waals surface area (Å²) < 4.78 is 7.50. The Kier molecular flexibility index (Phi) is 3.57. The number of hydrogen-bond acceptors (Lipinski definition) is 4. The van der Waals surface area contributed by atoms with Crippen molar-refractivity contribution in [2.45, 2.75) is 39.8 Å². The zero-order chi connectivity index (χ0) is 12.4. The number of ether oxygens (including phenoxy) is 1. The Balaban J connectivity index is 2.34. The molecule has 96 valence electrons. The Hall–Kier alpha value is -1.23. The zero-order valence-corrected chi connectivity index (χ0v) is 10.9. The molecule has 1 aromatic rings. The van der Waals surface area contributed by atoms with Crippen molar-refractivity contribution >= 4 is 11.5 Å². The second-order valence-electron chi connectivity index (χ2n) is 4.66. The Labute approximate surface area is 103 Å². The molecule has 5 heteroatoms. The molecule has 1 fully saturated rings. The van der Waals surface area contributed by atoms with Crippen LogP contribution in [0.1, 0.15) is 26.0 Å². The first-order chi connectivity index (χ1) is 8.15. The van der Waals surface area contributed by atoms with E-state index >= 15 is 0 Å². The first-order valence-electron chi connectivity index (χ1n) is 6.32.